The lowest BCUT2D eigenvalue weighted by atomic mass is 9.88. The van der Waals surface area contributed by atoms with Crippen LogP contribution < -0.4 is 5.32 Å². The van der Waals surface area contributed by atoms with E-state index >= 15 is 0 Å². The number of tetrazole rings is 1. The number of allylic oxidation sites excluding steroid dienone is 2. The fraction of sp³-hybridized carbons (Fsp3) is 0.471. The van der Waals surface area contributed by atoms with Gasteiger partial charge in [-0.3, -0.25) is 9.59 Å². The van der Waals surface area contributed by atoms with Gasteiger partial charge in [-0.25, -0.2) is 0 Å². The summed E-state index contributed by atoms with van der Waals surface area (Å²) >= 11 is 0. The fourth-order valence-corrected chi connectivity index (χ4v) is 3.06. The molecule has 7 nitrogen and oxygen atoms in total. The van der Waals surface area contributed by atoms with Crippen molar-refractivity contribution in [1.29, 1.82) is 0 Å². The Hall–Kier alpha value is -2.57. The van der Waals surface area contributed by atoms with Crippen molar-refractivity contribution in [2.24, 2.45) is 5.92 Å². The first-order valence-corrected chi connectivity index (χ1v) is 8.19. The van der Waals surface area contributed by atoms with Crippen molar-refractivity contribution in [3.8, 4) is 0 Å². The van der Waals surface area contributed by atoms with E-state index in [0.717, 1.165) is 12.8 Å². The highest BCUT2D eigenvalue weighted by Crippen LogP contribution is 2.29. The van der Waals surface area contributed by atoms with Gasteiger partial charge >= 0.3 is 0 Å². The van der Waals surface area contributed by atoms with Gasteiger partial charge in [-0.15, -0.1) is 10.2 Å². The second-order valence-electron chi connectivity index (χ2n) is 6.18. The molecule has 24 heavy (non-hydrogen) atoms. The van der Waals surface area contributed by atoms with Crippen LogP contribution >= 0.6 is 0 Å². The van der Waals surface area contributed by atoms with E-state index < -0.39 is 0 Å². The van der Waals surface area contributed by atoms with E-state index in [0.29, 0.717) is 24.2 Å². The number of hydrogen-bond acceptors (Lipinski definition) is 6. The maximum atomic E-state index is 12.0. The molecule has 0 aromatic carbocycles. The zero-order valence-corrected chi connectivity index (χ0v) is 13.7. The monoisotopic (exact) mass is 327 g/mol. The highest BCUT2D eigenvalue weighted by atomic mass is 16.1. The van der Waals surface area contributed by atoms with Gasteiger partial charge in [0.2, 0.25) is 0 Å². The molecular formula is C17H21N5O2. The van der Waals surface area contributed by atoms with Gasteiger partial charge < -0.3 is 5.32 Å². The average Bonchev–Trinajstić information content (AvgIpc) is 3.14. The third kappa shape index (κ3) is 4.04. The predicted octanol–water partition coefficient (Wildman–Crippen LogP) is 1.28. The van der Waals surface area contributed by atoms with Crippen LogP contribution in [-0.2, 0) is 16.1 Å². The van der Waals surface area contributed by atoms with Crippen molar-refractivity contribution in [2.75, 3.05) is 0 Å². The summed E-state index contributed by atoms with van der Waals surface area (Å²) < 4.78 is 0. The Balaban J connectivity index is 1.37. The van der Waals surface area contributed by atoms with Crippen LogP contribution in [0.1, 0.15) is 31.5 Å². The van der Waals surface area contributed by atoms with Crippen LogP contribution in [0.3, 0.4) is 0 Å². The molecule has 0 spiro atoms. The molecule has 0 radical (unpaired) electrons. The molecule has 0 fully saturated rings. The summed E-state index contributed by atoms with van der Waals surface area (Å²) in [6, 6.07) is 0.348. The summed E-state index contributed by atoms with van der Waals surface area (Å²) in [5.41, 5.74) is 1.32. The standard InChI is InChI=1S/C17H21N5O2/c1-12-19-21-22(20-12)11-15(24)9-14(23)6-4-5-13-10-18-17-8-3-2-7-16(13)17/h2-3,7-8,10,16-18H,4-6,9,11H2,1H3. The van der Waals surface area contributed by atoms with E-state index in [9.17, 15) is 9.59 Å². The number of Topliss-reactive ketones (excluding diaryl/α,β-unsaturated/α-hetero) is 2. The number of rotatable bonds is 8. The van der Waals surface area contributed by atoms with Gasteiger partial charge in [0.05, 0.1) is 12.5 Å². The van der Waals surface area contributed by atoms with E-state index in [-0.39, 0.29) is 24.5 Å². The van der Waals surface area contributed by atoms with Crippen molar-refractivity contribution >= 4 is 11.6 Å². The Labute approximate surface area is 140 Å². The van der Waals surface area contributed by atoms with E-state index in [1.165, 1.54) is 10.4 Å². The highest BCUT2D eigenvalue weighted by molar-refractivity contribution is 5.98. The molecule has 2 atom stereocenters. The highest BCUT2D eigenvalue weighted by Gasteiger charge is 2.26. The normalized spacial score (nSPS) is 21.3. The van der Waals surface area contributed by atoms with Crippen LogP contribution in [-0.4, -0.2) is 37.8 Å². The lowest BCUT2D eigenvalue weighted by Crippen LogP contribution is -2.25. The lowest BCUT2D eigenvalue weighted by Gasteiger charge is -2.18. The third-order valence-corrected chi connectivity index (χ3v) is 4.21. The number of aromatic nitrogens is 4. The van der Waals surface area contributed by atoms with Gasteiger partial charge in [-0.1, -0.05) is 24.3 Å². The van der Waals surface area contributed by atoms with Crippen LogP contribution in [0.25, 0.3) is 0 Å². The van der Waals surface area contributed by atoms with Gasteiger partial charge in [-0.05, 0) is 36.8 Å². The number of carbonyl (C=O) groups is 2. The smallest absolute Gasteiger partial charge is 0.171 e. The minimum atomic E-state index is -0.181. The zero-order chi connectivity index (χ0) is 16.9. The van der Waals surface area contributed by atoms with Crippen molar-refractivity contribution in [2.45, 2.75) is 45.2 Å². The summed E-state index contributed by atoms with van der Waals surface area (Å²) in [4.78, 5) is 25.0. The van der Waals surface area contributed by atoms with Crippen molar-refractivity contribution in [1.82, 2.24) is 25.5 Å². The lowest BCUT2D eigenvalue weighted by molar-refractivity contribution is -0.127. The number of aryl methyl sites for hydroxylation is 1. The Kier molecular flexibility index (Phi) is 4.98. The summed E-state index contributed by atoms with van der Waals surface area (Å²) in [7, 11) is 0. The summed E-state index contributed by atoms with van der Waals surface area (Å²) in [6.45, 7) is 1.70. The van der Waals surface area contributed by atoms with E-state index in [1.54, 1.807) is 6.92 Å². The number of nitrogens with one attached hydrogen (secondary N) is 1. The molecule has 2 unspecified atom stereocenters. The Morgan fingerprint density at radius 2 is 2.08 bits per heavy atom. The molecule has 1 aliphatic carbocycles. The van der Waals surface area contributed by atoms with E-state index in [1.807, 2.05) is 6.08 Å². The Bertz CT molecular complexity index is 716. The van der Waals surface area contributed by atoms with Gasteiger partial charge in [0.25, 0.3) is 0 Å². The molecule has 1 aromatic rings. The van der Waals surface area contributed by atoms with E-state index in [4.69, 9.17) is 0 Å². The van der Waals surface area contributed by atoms with Crippen LogP contribution in [0.5, 0.6) is 0 Å². The number of ketones is 2. The number of hydrogen-bond donors (Lipinski definition) is 1. The largest absolute Gasteiger partial charge is 0.384 e. The van der Waals surface area contributed by atoms with Gasteiger partial charge in [0.15, 0.2) is 11.6 Å². The average molecular weight is 327 g/mol. The number of carbonyl (C=O) groups excluding carboxylic acids is 2. The maximum Gasteiger partial charge on any atom is 0.171 e. The second kappa shape index (κ2) is 7.33. The SMILES string of the molecule is Cc1nnn(CC(=O)CC(=O)CCCC2=CNC3C=CC=CC23)n1. The van der Waals surface area contributed by atoms with Crippen molar-refractivity contribution in [3.05, 3.63) is 41.9 Å². The first-order chi connectivity index (χ1) is 11.6. The quantitative estimate of drug-likeness (QED) is 0.723. The van der Waals surface area contributed by atoms with Crippen molar-refractivity contribution in [3.63, 3.8) is 0 Å². The van der Waals surface area contributed by atoms with Crippen LogP contribution in [0.4, 0.5) is 0 Å². The predicted molar refractivity (Wildman–Crippen MR) is 87.8 cm³/mol. The number of nitrogens with zero attached hydrogens (tertiary/aromatic N) is 4. The zero-order valence-electron chi connectivity index (χ0n) is 13.7. The molecule has 1 N–H and O–H groups in total. The fourth-order valence-electron chi connectivity index (χ4n) is 3.06. The molecule has 1 aromatic heterocycles. The molecule has 2 aliphatic rings. The third-order valence-electron chi connectivity index (χ3n) is 4.21. The first kappa shape index (κ1) is 16.3. The van der Waals surface area contributed by atoms with Crippen LogP contribution in [0, 0.1) is 12.8 Å². The Morgan fingerprint density at radius 1 is 1.25 bits per heavy atom. The molecule has 126 valence electrons. The van der Waals surface area contributed by atoms with Crippen LogP contribution in [0.15, 0.2) is 36.1 Å². The molecule has 3 rings (SSSR count). The minimum Gasteiger partial charge on any atom is -0.384 e. The summed E-state index contributed by atoms with van der Waals surface area (Å²) in [5.74, 6) is 0.699. The van der Waals surface area contributed by atoms with Gasteiger partial charge in [0.1, 0.15) is 12.3 Å². The molecule has 1 aliphatic heterocycles. The molecule has 2 heterocycles. The minimum absolute atomic E-state index is 0.00252. The molecule has 0 amide bonds. The second-order valence-corrected chi connectivity index (χ2v) is 6.18. The molecular weight excluding hydrogens is 306 g/mol. The topological polar surface area (TPSA) is 89.8 Å². The maximum absolute atomic E-state index is 12.0. The molecule has 7 heteroatoms. The Morgan fingerprint density at radius 3 is 2.88 bits per heavy atom. The summed E-state index contributed by atoms with van der Waals surface area (Å²) in [6.07, 6.45) is 12.5. The molecule has 0 bridgehead atoms. The van der Waals surface area contributed by atoms with E-state index in [2.05, 4.69) is 45.2 Å². The van der Waals surface area contributed by atoms with Gasteiger partial charge in [-0.2, -0.15) is 4.80 Å². The van der Waals surface area contributed by atoms with Crippen molar-refractivity contribution < 1.29 is 9.59 Å². The van der Waals surface area contributed by atoms with Gasteiger partial charge in [0, 0.05) is 12.3 Å². The number of fused-ring (bicyclic) bond motifs is 1. The molecule has 0 saturated heterocycles. The van der Waals surface area contributed by atoms with Crippen LogP contribution in [0.2, 0.25) is 0 Å². The first-order valence-electron chi connectivity index (χ1n) is 8.19. The molecule has 0 saturated carbocycles. The summed E-state index contributed by atoms with van der Waals surface area (Å²) in [5, 5.41) is 14.7.